The molecular weight excluding hydrogens is 505 g/mol. The van der Waals surface area contributed by atoms with Gasteiger partial charge < -0.3 is 14.8 Å². The lowest BCUT2D eigenvalue weighted by atomic mass is 9.99. The van der Waals surface area contributed by atoms with Crippen molar-refractivity contribution in [2.75, 3.05) is 11.9 Å². The minimum Gasteiger partial charge on any atom is -0.463 e. The monoisotopic (exact) mass is 529 g/mol. The number of halogens is 1. The van der Waals surface area contributed by atoms with Gasteiger partial charge in [0.05, 0.1) is 24.8 Å². The Morgan fingerprint density at radius 3 is 2.64 bits per heavy atom. The molecule has 198 valence electrons. The van der Waals surface area contributed by atoms with Gasteiger partial charge in [0.25, 0.3) is 0 Å². The Labute approximate surface area is 223 Å². The Kier molecular flexibility index (Phi) is 8.16. The minimum absolute atomic E-state index is 0.0117. The Morgan fingerprint density at radius 2 is 1.95 bits per heavy atom. The van der Waals surface area contributed by atoms with Crippen LogP contribution in [0.2, 0.25) is 0 Å². The molecule has 2 aliphatic rings. The molecule has 0 aliphatic carbocycles. The van der Waals surface area contributed by atoms with Crippen molar-refractivity contribution in [2.45, 2.75) is 26.7 Å². The van der Waals surface area contributed by atoms with Crippen LogP contribution in [-0.2, 0) is 20.7 Å². The third kappa shape index (κ3) is 6.37. The molecule has 39 heavy (non-hydrogen) atoms. The fourth-order valence-electron chi connectivity index (χ4n) is 3.94. The van der Waals surface area contributed by atoms with Gasteiger partial charge in [0, 0.05) is 24.4 Å². The second kappa shape index (κ2) is 11.9. The molecule has 2 aliphatic heterocycles. The number of benzene rings is 2. The number of ether oxygens (including phenoxy) is 2. The van der Waals surface area contributed by atoms with Crippen LogP contribution >= 0.6 is 0 Å². The molecule has 0 atom stereocenters. The van der Waals surface area contributed by atoms with Crippen molar-refractivity contribution < 1.29 is 28.2 Å². The molecule has 0 saturated heterocycles. The highest BCUT2D eigenvalue weighted by molar-refractivity contribution is 6.01. The number of nitriles is 1. The van der Waals surface area contributed by atoms with E-state index in [9.17, 15) is 19.6 Å². The van der Waals surface area contributed by atoms with E-state index in [4.69, 9.17) is 9.47 Å². The lowest BCUT2D eigenvalue weighted by Gasteiger charge is -2.30. The molecule has 0 spiro atoms. The van der Waals surface area contributed by atoms with E-state index >= 15 is 4.39 Å². The van der Waals surface area contributed by atoms with Crippen LogP contribution in [0.4, 0.5) is 14.9 Å². The van der Waals surface area contributed by atoms with Crippen LogP contribution in [0, 0.1) is 17.1 Å². The van der Waals surface area contributed by atoms with Crippen molar-refractivity contribution >= 4 is 29.8 Å². The molecule has 2 heterocycles. The molecule has 10 nitrogen and oxygen atoms in total. The highest BCUT2D eigenvalue weighted by atomic mass is 19.1. The average Bonchev–Trinajstić information content (AvgIpc) is 2.90. The van der Waals surface area contributed by atoms with E-state index in [0.717, 1.165) is 11.6 Å². The van der Waals surface area contributed by atoms with Gasteiger partial charge in [-0.2, -0.15) is 10.4 Å². The number of carbonyl (C=O) groups is 3. The van der Waals surface area contributed by atoms with Crippen LogP contribution in [0.1, 0.15) is 25.8 Å². The van der Waals surface area contributed by atoms with E-state index in [0.29, 0.717) is 16.8 Å². The van der Waals surface area contributed by atoms with E-state index in [1.54, 1.807) is 38.1 Å². The number of urea groups is 1. The number of hydrazone groups is 1. The Balaban J connectivity index is 1.46. The first-order valence-electron chi connectivity index (χ1n) is 12.0. The van der Waals surface area contributed by atoms with Crippen molar-refractivity contribution in [2.24, 2.45) is 5.10 Å². The normalized spacial score (nSPS) is 14.2. The molecule has 2 aromatic rings. The summed E-state index contributed by atoms with van der Waals surface area (Å²) in [4.78, 5) is 36.5. The molecule has 2 aromatic carbocycles. The maximum absolute atomic E-state index is 15.0. The van der Waals surface area contributed by atoms with Crippen LogP contribution in [-0.4, -0.2) is 35.7 Å². The SMILES string of the molecule is CCOC(=O)C1=CN2N=CC(C#N)=C(Oc3ccc(NC(=O)NC(=O)Cc4ccccc4)cc3F)C2=C(C)C1. The number of allylic oxidation sites excluding steroid dienone is 2. The van der Waals surface area contributed by atoms with Gasteiger partial charge in [-0.05, 0) is 37.1 Å². The van der Waals surface area contributed by atoms with E-state index in [-0.39, 0.29) is 42.2 Å². The summed E-state index contributed by atoms with van der Waals surface area (Å²) in [7, 11) is 0. The molecule has 0 bridgehead atoms. The second-order valence-corrected chi connectivity index (χ2v) is 8.54. The first-order chi connectivity index (χ1) is 18.8. The summed E-state index contributed by atoms with van der Waals surface area (Å²) in [5.74, 6) is -1.97. The average molecular weight is 530 g/mol. The summed E-state index contributed by atoms with van der Waals surface area (Å²) in [6.45, 7) is 3.67. The van der Waals surface area contributed by atoms with E-state index < -0.39 is 23.7 Å². The first kappa shape index (κ1) is 26.8. The van der Waals surface area contributed by atoms with Gasteiger partial charge in [-0.25, -0.2) is 19.0 Å². The Morgan fingerprint density at radius 1 is 1.18 bits per heavy atom. The third-order valence-corrected chi connectivity index (χ3v) is 5.66. The number of hydrogen-bond acceptors (Lipinski definition) is 8. The smallest absolute Gasteiger partial charge is 0.335 e. The predicted molar refractivity (Wildman–Crippen MR) is 139 cm³/mol. The minimum atomic E-state index is -0.820. The largest absolute Gasteiger partial charge is 0.463 e. The molecule has 0 radical (unpaired) electrons. The Bertz CT molecular complexity index is 1490. The van der Waals surface area contributed by atoms with Crippen molar-refractivity contribution in [3.63, 3.8) is 0 Å². The fraction of sp³-hybridized carbons (Fsp3) is 0.179. The molecule has 4 rings (SSSR count). The second-order valence-electron chi connectivity index (χ2n) is 8.54. The third-order valence-electron chi connectivity index (χ3n) is 5.66. The van der Waals surface area contributed by atoms with Gasteiger partial charge in [0.1, 0.15) is 17.3 Å². The van der Waals surface area contributed by atoms with Crippen LogP contribution in [0.15, 0.2) is 88.0 Å². The molecule has 0 saturated carbocycles. The molecule has 0 unspecified atom stereocenters. The maximum Gasteiger partial charge on any atom is 0.335 e. The summed E-state index contributed by atoms with van der Waals surface area (Å²) in [5, 5.41) is 19.8. The molecule has 2 N–H and O–H groups in total. The lowest BCUT2D eigenvalue weighted by molar-refractivity contribution is -0.138. The number of nitrogens with zero attached hydrogens (tertiary/aromatic N) is 3. The summed E-state index contributed by atoms with van der Waals surface area (Å²) in [5.41, 5.74) is 2.32. The number of imide groups is 1. The Hall–Kier alpha value is -5.24. The summed E-state index contributed by atoms with van der Waals surface area (Å²) in [6.07, 6.45) is 2.98. The van der Waals surface area contributed by atoms with E-state index in [1.165, 1.54) is 29.6 Å². The zero-order chi connectivity index (χ0) is 27.9. The number of esters is 1. The quantitative estimate of drug-likeness (QED) is 0.511. The van der Waals surface area contributed by atoms with Gasteiger partial charge >= 0.3 is 12.0 Å². The molecule has 0 aromatic heterocycles. The highest BCUT2D eigenvalue weighted by Crippen LogP contribution is 2.36. The molecular formula is C28H24FN5O5. The van der Waals surface area contributed by atoms with Gasteiger partial charge in [-0.15, -0.1) is 0 Å². The number of anilines is 1. The maximum atomic E-state index is 15.0. The molecule has 3 amide bonds. The van der Waals surface area contributed by atoms with Gasteiger partial charge in [0.2, 0.25) is 5.91 Å². The summed E-state index contributed by atoms with van der Waals surface area (Å²) in [6, 6.07) is 13.8. The molecule has 11 heteroatoms. The number of hydrogen-bond donors (Lipinski definition) is 2. The number of rotatable bonds is 7. The summed E-state index contributed by atoms with van der Waals surface area (Å²) >= 11 is 0. The number of amides is 3. The van der Waals surface area contributed by atoms with Crippen molar-refractivity contribution in [1.82, 2.24) is 10.3 Å². The van der Waals surface area contributed by atoms with Gasteiger partial charge in [-0.3, -0.25) is 10.1 Å². The van der Waals surface area contributed by atoms with Crippen LogP contribution in [0.3, 0.4) is 0 Å². The van der Waals surface area contributed by atoms with E-state index in [2.05, 4.69) is 15.7 Å². The van der Waals surface area contributed by atoms with Crippen LogP contribution in [0.25, 0.3) is 0 Å². The number of nitrogens with one attached hydrogen (secondary N) is 2. The van der Waals surface area contributed by atoms with Crippen LogP contribution < -0.4 is 15.4 Å². The molecule has 0 fully saturated rings. The fourth-order valence-corrected chi connectivity index (χ4v) is 3.94. The van der Waals surface area contributed by atoms with Crippen molar-refractivity contribution in [1.29, 1.82) is 5.26 Å². The van der Waals surface area contributed by atoms with Gasteiger partial charge in [-0.1, -0.05) is 30.3 Å². The first-order valence-corrected chi connectivity index (χ1v) is 12.0. The predicted octanol–water partition coefficient (Wildman–Crippen LogP) is 4.30. The van der Waals surface area contributed by atoms with E-state index in [1.807, 2.05) is 12.1 Å². The number of fused-ring (bicyclic) bond motifs is 1. The lowest BCUT2D eigenvalue weighted by Crippen LogP contribution is -2.35. The van der Waals surface area contributed by atoms with Gasteiger partial charge in [0.15, 0.2) is 17.3 Å². The standard InChI is InChI=1S/C28H24FN5O5/c1-3-38-27(36)19-11-17(2)25-26(20(14-30)15-31-34(25)16-19)39-23-10-9-21(13-22(23)29)32-28(37)33-24(35)12-18-7-5-4-6-8-18/h4-10,13,15-16H,3,11-12H2,1-2H3,(H2,32,33,35,37). The highest BCUT2D eigenvalue weighted by Gasteiger charge is 2.31. The van der Waals surface area contributed by atoms with Crippen molar-refractivity contribution in [3.05, 3.63) is 94.3 Å². The van der Waals surface area contributed by atoms with Crippen molar-refractivity contribution in [3.8, 4) is 11.8 Å². The number of carbonyl (C=O) groups excluding carboxylic acids is 3. The zero-order valence-electron chi connectivity index (χ0n) is 21.2. The summed E-state index contributed by atoms with van der Waals surface area (Å²) < 4.78 is 25.9. The van der Waals surface area contributed by atoms with Crippen LogP contribution in [0.5, 0.6) is 5.75 Å². The topological polar surface area (TPSA) is 133 Å². The zero-order valence-corrected chi connectivity index (χ0v) is 21.2.